The molecule has 0 fully saturated rings. The quantitative estimate of drug-likeness (QED) is 0.256. The topological polar surface area (TPSA) is 63.2 Å². The summed E-state index contributed by atoms with van der Waals surface area (Å²) in [5.74, 6) is 1.80. The first-order valence-corrected chi connectivity index (χ1v) is 11.4. The molecule has 0 aliphatic carbocycles. The summed E-state index contributed by atoms with van der Waals surface area (Å²) in [5.41, 5.74) is 0.0697. The maximum absolute atomic E-state index is 12.3. The minimum absolute atomic E-state index is 0.433. The fourth-order valence-corrected chi connectivity index (χ4v) is 2.59. The number of hydrogen-bond acceptors (Lipinski definition) is 6. The van der Waals surface area contributed by atoms with Crippen LogP contribution in [0.25, 0.3) is 6.08 Å². The van der Waals surface area contributed by atoms with Crippen molar-refractivity contribution < 1.29 is 28.5 Å². The van der Waals surface area contributed by atoms with E-state index in [0.29, 0.717) is 55.0 Å². The highest BCUT2D eigenvalue weighted by Gasteiger charge is 2.23. The van der Waals surface area contributed by atoms with Crippen molar-refractivity contribution in [2.45, 2.75) is 79.8 Å². The van der Waals surface area contributed by atoms with Gasteiger partial charge in [0.25, 0.3) is 0 Å². The molecule has 1 aromatic rings. The standard InChI is InChI=1S/C25H40O6/c1-8-14-27-20-18-21(28-15-9-2)24(30-17-11-4)23(29-16-10-3)19(20)12-13-22(26)31-25(5,6)7/h12-13,18H,8-11,14-17H2,1-7H3. The van der Waals surface area contributed by atoms with E-state index >= 15 is 0 Å². The molecule has 0 aliphatic rings. The average Bonchev–Trinajstić information content (AvgIpc) is 2.71. The summed E-state index contributed by atoms with van der Waals surface area (Å²) >= 11 is 0. The molecule has 0 N–H and O–H groups in total. The fraction of sp³-hybridized carbons (Fsp3) is 0.640. The Bertz CT molecular complexity index is 703. The Morgan fingerprint density at radius 2 is 1.26 bits per heavy atom. The zero-order chi connectivity index (χ0) is 23.3. The fourth-order valence-electron chi connectivity index (χ4n) is 2.59. The van der Waals surface area contributed by atoms with E-state index in [2.05, 4.69) is 0 Å². The molecule has 0 unspecified atom stereocenters. The van der Waals surface area contributed by atoms with Gasteiger partial charge in [-0.15, -0.1) is 0 Å². The van der Waals surface area contributed by atoms with E-state index in [4.69, 9.17) is 23.7 Å². The molecule has 6 nitrogen and oxygen atoms in total. The summed E-state index contributed by atoms with van der Waals surface area (Å²) in [6.07, 6.45) is 6.45. The Balaban J connectivity index is 3.55. The van der Waals surface area contributed by atoms with Crippen LogP contribution in [-0.4, -0.2) is 38.0 Å². The van der Waals surface area contributed by atoms with Crippen LogP contribution in [0.3, 0.4) is 0 Å². The van der Waals surface area contributed by atoms with E-state index in [0.717, 1.165) is 25.7 Å². The van der Waals surface area contributed by atoms with Gasteiger partial charge in [-0.2, -0.15) is 0 Å². The molecule has 0 radical (unpaired) electrons. The van der Waals surface area contributed by atoms with E-state index in [1.165, 1.54) is 6.08 Å². The Kier molecular flexibility index (Phi) is 11.9. The molecule has 0 spiro atoms. The Hall–Kier alpha value is -2.37. The third kappa shape index (κ3) is 9.53. The second-order valence-corrected chi connectivity index (χ2v) is 8.21. The monoisotopic (exact) mass is 436 g/mol. The van der Waals surface area contributed by atoms with Gasteiger partial charge in [-0.05, 0) is 52.5 Å². The summed E-state index contributed by atoms with van der Waals surface area (Å²) in [5, 5.41) is 0. The Labute approximate surface area is 187 Å². The van der Waals surface area contributed by atoms with Gasteiger partial charge >= 0.3 is 5.97 Å². The van der Waals surface area contributed by atoms with Gasteiger partial charge in [-0.1, -0.05) is 27.7 Å². The van der Waals surface area contributed by atoms with Crippen LogP contribution in [0.4, 0.5) is 0 Å². The molecule has 0 bridgehead atoms. The van der Waals surface area contributed by atoms with Crippen LogP contribution < -0.4 is 18.9 Å². The molecule has 1 rings (SSSR count). The lowest BCUT2D eigenvalue weighted by Gasteiger charge is -2.21. The average molecular weight is 437 g/mol. The zero-order valence-corrected chi connectivity index (χ0v) is 20.3. The predicted octanol–water partition coefficient (Wildman–Crippen LogP) is 6.20. The van der Waals surface area contributed by atoms with E-state index in [-0.39, 0.29) is 0 Å². The van der Waals surface area contributed by atoms with Gasteiger partial charge in [-0.3, -0.25) is 0 Å². The van der Waals surface area contributed by atoms with Crippen molar-refractivity contribution >= 4 is 12.0 Å². The van der Waals surface area contributed by atoms with E-state index in [9.17, 15) is 4.79 Å². The van der Waals surface area contributed by atoms with Crippen molar-refractivity contribution in [3.8, 4) is 23.0 Å². The molecule has 6 heteroatoms. The molecule has 0 saturated carbocycles. The van der Waals surface area contributed by atoms with Gasteiger partial charge < -0.3 is 23.7 Å². The Morgan fingerprint density at radius 3 is 1.77 bits per heavy atom. The molecule has 31 heavy (non-hydrogen) atoms. The lowest BCUT2D eigenvalue weighted by Crippen LogP contribution is -2.22. The lowest BCUT2D eigenvalue weighted by molar-refractivity contribution is -0.148. The number of hydrogen-bond donors (Lipinski definition) is 0. The number of benzene rings is 1. The number of ether oxygens (including phenoxy) is 5. The third-order valence-electron chi connectivity index (χ3n) is 3.82. The zero-order valence-electron chi connectivity index (χ0n) is 20.3. The van der Waals surface area contributed by atoms with Gasteiger partial charge in [0.1, 0.15) is 11.4 Å². The predicted molar refractivity (Wildman–Crippen MR) is 124 cm³/mol. The molecule has 0 heterocycles. The van der Waals surface area contributed by atoms with E-state index in [1.807, 2.05) is 54.5 Å². The van der Waals surface area contributed by atoms with Crippen molar-refractivity contribution in [2.75, 3.05) is 26.4 Å². The summed E-state index contributed by atoms with van der Waals surface area (Å²) in [6.45, 7) is 15.8. The summed E-state index contributed by atoms with van der Waals surface area (Å²) in [6, 6.07) is 1.82. The second-order valence-electron chi connectivity index (χ2n) is 8.21. The first-order chi connectivity index (χ1) is 14.8. The van der Waals surface area contributed by atoms with Crippen LogP contribution in [0.15, 0.2) is 12.1 Å². The molecule has 0 aromatic heterocycles. The summed E-state index contributed by atoms with van der Waals surface area (Å²) in [4.78, 5) is 12.3. The van der Waals surface area contributed by atoms with Crippen LogP contribution in [0.2, 0.25) is 0 Å². The van der Waals surface area contributed by atoms with Crippen molar-refractivity contribution in [3.63, 3.8) is 0 Å². The van der Waals surface area contributed by atoms with Crippen LogP contribution in [0.1, 0.15) is 79.7 Å². The van der Waals surface area contributed by atoms with Gasteiger partial charge in [-0.25, -0.2) is 4.79 Å². The van der Waals surface area contributed by atoms with Crippen molar-refractivity contribution in [1.82, 2.24) is 0 Å². The summed E-state index contributed by atoms with van der Waals surface area (Å²) < 4.78 is 29.5. The molecule has 0 aliphatic heterocycles. The van der Waals surface area contributed by atoms with Gasteiger partial charge in [0.15, 0.2) is 11.5 Å². The molecule has 0 amide bonds. The molecule has 1 aromatic carbocycles. The first kappa shape index (κ1) is 26.7. The highest BCUT2D eigenvalue weighted by atomic mass is 16.6. The van der Waals surface area contributed by atoms with Crippen LogP contribution >= 0.6 is 0 Å². The second kappa shape index (κ2) is 13.8. The van der Waals surface area contributed by atoms with Crippen molar-refractivity contribution in [2.24, 2.45) is 0 Å². The minimum Gasteiger partial charge on any atom is -0.493 e. The van der Waals surface area contributed by atoms with E-state index < -0.39 is 11.6 Å². The van der Waals surface area contributed by atoms with Gasteiger partial charge in [0.2, 0.25) is 5.75 Å². The number of carbonyl (C=O) groups is 1. The van der Waals surface area contributed by atoms with E-state index in [1.54, 1.807) is 6.08 Å². The maximum atomic E-state index is 12.3. The number of carbonyl (C=O) groups excluding carboxylic acids is 1. The van der Waals surface area contributed by atoms with Crippen LogP contribution in [0.5, 0.6) is 23.0 Å². The van der Waals surface area contributed by atoms with Gasteiger partial charge in [0.05, 0.1) is 32.0 Å². The number of esters is 1. The molecule has 0 atom stereocenters. The van der Waals surface area contributed by atoms with Crippen LogP contribution in [0, 0.1) is 0 Å². The first-order valence-electron chi connectivity index (χ1n) is 11.4. The SMILES string of the molecule is CCCOc1cc(OCCC)c(OCCC)c(OCCC)c1C=CC(=O)OC(C)(C)C. The lowest BCUT2D eigenvalue weighted by atomic mass is 10.1. The molecule has 0 saturated heterocycles. The normalized spacial score (nSPS) is 11.5. The highest BCUT2D eigenvalue weighted by molar-refractivity contribution is 5.89. The summed E-state index contributed by atoms with van der Waals surface area (Å²) in [7, 11) is 0. The highest BCUT2D eigenvalue weighted by Crippen LogP contribution is 2.46. The van der Waals surface area contributed by atoms with Crippen molar-refractivity contribution in [1.29, 1.82) is 0 Å². The van der Waals surface area contributed by atoms with Crippen molar-refractivity contribution in [3.05, 3.63) is 17.7 Å². The largest absolute Gasteiger partial charge is 0.493 e. The van der Waals surface area contributed by atoms with Crippen LogP contribution in [-0.2, 0) is 9.53 Å². The maximum Gasteiger partial charge on any atom is 0.331 e. The van der Waals surface area contributed by atoms with Gasteiger partial charge in [0, 0.05) is 12.1 Å². The molecular formula is C25H40O6. The molecule has 176 valence electrons. The smallest absolute Gasteiger partial charge is 0.331 e. The minimum atomic E-state index is -0.572. The number of rotatable bonds is 14. The Morgan fingerprint density at radius 1 is 0.774 bits per heavy atom. The molecular weight excluding hydrogens is 396 g/mol. The third-order valence-corrected chi connectivity index (χ3v) is 3.82.